The number of guanidine groups is 1. The zero-order chi connectivity index (χ0) is 24.0. The van der Waals surface area contributed by atoms with Crippen LogP contribution < -0.4 is 20.7 Å². The summed E-state index contributed by atoms with van der Waals surface area (Å²) >= 11 is 0. The van der Waals surface area contributed by atoms with Crippen molar-refractivity contribution in [3.05, 3.63) is 65.2 Å². The summed E-state index contributed by atoms with van der Waals surface area (Å²) in [5.74, 6) is 1.16. The van der Waals surface area contributed by atoms with E-state index < -0.39 is 5.54 Å². The molecule has 3 rings (SSSR count). The molecular weight excluding hydrogens is 418 g/mol. The maximum Gasteiger partial charge on any atom is 0.315 e. The maximum absolute atomic E-state index is 13.0. The number of ether oxygens (including phenoxy) is 1. The molecule has 1 heterocycles. The third-order valence-corrected chi connectivity index (χ3v) is 5.60. The standard InChI is InChI=1S/C25H33N5O3/c1-17(2)13-25(3)22(31)30(23(26)29-25)16-20-7-5-6-19(12-20)15-28-24(32)27-14-18-8-10-21(33-4)11-9-18/h5-12,17H,13-16H2,1-4H3,(H2,26,29)(H2,27,28,32). The number of carbonyl (C=O) groups is 2. The Morgan fingerprint density at radius 2 is 1.73 bits per heavy atom. The number of hydrogen-bond acceptors (Lipinski definition) is 4. The number of methoxy groups -OCH3 is 1. The van der Waals surface area contributed by atoms with Gasteiger partial charge >= 0.3 is 6.03 Å². The molecule has 2 aromatic rings. The molecule has 0 spiro atoms. The molecule has 1 fully saturated rings. The van der Waals surface area contributed by atoms with Crippen LogP contribution in [0.3, 0.4) is 0 Å². The average Bonchev–Trinajstić information content (AvgIpc) is 2.99. The van der Waals surface area contributed by atoms with Gasteiger partial charge in [0.2, 0.25) is 0 Å². The Labute approximate surface area is 195 Å². The number of nitrogens with zero attached hydrogens (tertiary/aromatic N) is 1. The van der Waals surface area contributed by atoms with E-state index in [1.54, 1.807) is 7.11 Å². The largest absolute Gasteiger partial charge is 0.497 e. The quantitative estimate of drug-likeness (QED) is 0.469. The molecule has 3 amide bonds. The minimum atomic E-state index is -0.744. The highest BCUT2D eigenvalue weighted by Gasteiger charge is 2.45. The van der Waals surface area contributed by atoms with Gasteiger partial charge in [-0.25, -0.2) is 4.79 Å². The first-order valence-corrected chi connectivity index (χ1v) is 11.1. The monoisotopic (exact) mass is 451 g/mol. The van der Waals surface area contributed by atoms with Crippen LogP contribution in [0.2, 0.25) is 0 Å². The van der Waals surface area contributed by atoms with E-state index in [0.717, 1.165) is 22.4 Å². The fourth-order valence-corrected chi connectivity index (χ4v) is 4.08. The summed E-state index contributed by atoms with van der Waals surface area (Å²) in [6, 6.07) is 14.9. The molecule has 1 unspecified atom stereocenters. The van der Waals surface area contributed by atoms with Crippen molar-refractivity contribution in [2.75, 3.05) is 7.11 Å². The van der Waals surface area contributed by atoms with Crippen molar-refractivity contribution in [3.8, 4) is 5.75 Å². The van der Waals surface area contributed by atoms with Crippen LogP contribution in [0.5, 0.6) is 5.75 Å². The minimum absolute atomic E-state index is 0.0809. The summed E-state index contributed by atoms with van der Waals surface area (Å²) in [6.45, 7) is 7.07. The van der Waals surface area contributed by atoms with Crippen LogP contribution in [-0.2, 0) is 24.4 Å². The Bertz CT molecular complexity index is 1010. The third kappa shape index (κ3) is 6.25. The fraction of sp³-hybridized carbons (Fsp3) is 0.400. The van der Waals surface area contributed by atoms with E-state index in [0.29, 0.717) is 32.0 Å². The van der Waals surface area contributed by atoms with E-state index in [1.807, 2.05) is 55.5 Å². The smallest absolute Gasteiger partial charge is 0.315 e. The van der Waals surface area contributed by atoms with Gasteiger partial charge < -0.3 is 20.7 Å². The lowest BCUT2D eigenvalue weighted by Gasteiger charge is -2.24. The second-order valence-electron chi connectivity index (χ2n) is 9.00. The lowest BCUT2D eigenvalue weighted by molar-refractivity contribution is -0.131. The van der Waals surface area contributed by atoms with Gasteiger partial charge in [0, 0.05) is 13.1 Å². The first-order valence-electron chi connectivity index (χ1n) is 11.1. The minimum Gasteiger partial charge on any atom is -0.497 e. The SMILES string of the molecule is COc1ccc(CNC(=O)NCc2cccc(CN3C(=N)NC(C)(CC(C)C)C3=O)c2)cc1. The van der Waals surface area contributed by atoms with Crippen LogP contribution in [0.1, 0.15) is 43.9 Å². The van der Waals surface area contributed by atoms with E-state index in [2.05, 4.69) is 29.8 Å². The van der Waals surface area contributed by atoms with Gasteiger partial charge in [-0.3, -0.25) is 15.1 Å². The number of carbonyl (C=O) groups excluding carboxylic acids is 2. The predicted octanol–water partition coefficient (Wildman–Crippen LogP) is 3.37. The summed E-state index contributed by atoms with van der Waals surface area (Å²) in [6.07, 6.45) is 0.667. The number of benzene rings is 2. The maximum atomic E-state index is 13.0. The molecule has 0 aromatic heterocycles. The van der Waals surface area contributed by atoms with Crippen LogP contribution in [0.15, 0.2) is 48.5 Å². The van der Waals surface area contributed by atoms with Gasteiger partial charge in [0.05, 0.1) is 13.7 Å². The highest BCUT2D eigenvalue weighted by molar-refractivity contribution is 6.07. The van der Waals surface area contributed by atoms with Crippen molar-refractivity contribution >= 4 is 17.9 Å². The molecule has 1 atom stereocenters. The molecule has 0 aliphatic carbocycles. The van der Waals surface area contributed by atoms with Crippen molar-refractivity contribution < 1.29 is 14.3 Å². The Kier molecular flexibility index (Phi) is 7.58. The first kappa shape index (κ1) is 24.1. The molecule has 8 nitrogen and oxygen atoms in total. The number of urea groups is 1. The number of rotatable bonds is 9. The molecular formula is C25H33N5O3. The van der Waals surface area contributed by atoms with Crippen molar-refractivity contribution in [1.29, 1.82) is 5.41 Å². The molecule has 0 bridgehead atoms. The van der Waals surface area contributed by atoms with Crippen LogP contribution in [-0.4, -0.2) is 35.4 Å². The lowest BCUT2D eigenvalue weighted by Crippen LogP contribution is -2.44. The summed E-state index contributed by atoms with van der Waals surface area (Å²) in [5, 5.41) is 17.0. The van der Waals surface area contributed by atoms with Gasteiger partial charge in [-0.05, 0) is 48.1 Å². The Balaban J connectivity index is 1.52. The molecule has 1 aliphatic heterocycles. The van der Waals surface area contributed by atoms with E-state index >= 15 is 0 Å². The second kappa shape index (κ2) is 10.4. The molecule has 8 heteroatoms. The van der Waals surface area contributed by atoms with E-state index in [9.17, 15) is 9.59 Å². The van der Waals surface area contributed by atoms with Crippen LogP contribution in [0.4, 0.5) is 4.79 Å². The number of hydrogen-bond donors (Lipinski definition) is 4. The molecule has 2 aromatic carbocycles. The van der Waals surface area contributed by atoms with Gasteiger partial charge in [0.1, 0.15) is 11.3 Å². The molecule has 0 saturated carbocycles. The van der Waals surface area contributed by atoms with Gasteiger partial charge in [0.25, 0.3) is 5.91 Å². The summed E-state index contributed by atoms with van der Waals surface area (Å²) in [7, 11) is 1.61. The van der Waals surface area contributed by atoms with Crippen LogP contribution in [0, 0.1) is 11.3 Å². The van der Waals surface area contributed by atoms with Crippen LogP contribution >= 0.6 is 0 Å². The van der Waals surface area contributed by atoms with Gasteiger partial charge in [0.15, 0.2) is 5.96 Å². The highest BCUT2D eigenvalue weighted by Crippen LogP contribution is 2.26. The summed E-state index contributed by atoms with van der Waals surface area (Å²) in [5.41, 5.74) is 2.06. The Morgan fingerprint density at radius 3 is 2.36 bits per heavy atom. The fourth-order valence-electron chi connectivity index (χ4n) is 4.08. The van der Waals surface area contributed by atoms with E-state index in [1.165, 1.54) is 4.90 Å². The topological polar surface area (TPSA) is 107 Å². The second-order valence-corrected chi connectivity index (χ2v) is 9.00. The zero-order valence-corrected chi connectivity index (χ0v) is 19.7. The average molecular weight is 452 g/mol. The van der Waals surface area contributed by atoms with E-state index in [-0.39, 0.29) is 17.9 Å². The summed E-state index contributed by atoms with van der Waals surface area (Å²) < 4.78 is 5.13. The Morgan fingerprint density at radius 1 is 1.09 bits per heavy atom. The first-order chi connectivity index (χ1) is 15.7. The molecule has 1 aliphatic rings. The molecule has 176 valence electrons. The van der Waals surface area contributed by atoms with Gasteiger partial charge in [-0.2, -0.15) is 0 Å². The van der Waals surface area contributed by atoms with Crippen molar-refractivity contribution in [3.63, 3.8) is 0 Å². The Hall–Kier alpha value is -3.55. The van der Waals surface area contributed by atoms with Crippen molar-refractivity contribution in [2.45, 2.75) is 52.4 Å². The molecule has 1 saturated heterocycles. The molecule has 33 heavy (non-hydrogen) atoms. The van der Waals surface area contributed by atoms with E-state index in [4.69, 9.17) is 10.1 Å². The van der Waals surface area contributed by atoms with Gasteiger partial charge in [-0.1, -0.05) is 50.2 Å². The van der Waals surface area contributed by atoms with Crippen molar-refractivity contribution in [1.82, 2.24) is 20.9 Å². The van der Waals surface area contributed by atoms with Crippen molar-refractivity contribution in [2.24, 2.45) is 5.92 Å². The molecule has 0 radical (unpaired) electrons. The van der Waals surface area contributed by atoms with Crippen LogP contribution in [0.25, 0.3) is 0 Å². The normalized spacial score (nSPS) is 17.8. The zero-order valence-electron chi connectivity index (χ0n) is 19.7. The number of nitrogens with one attached hydrogen (secondary N) is 4. The highest BCUT2D eigenvalue weighted by atomic mass is 16.5. The van der Waals surface area contributed by atoms with Gasteiger partial charge in [-0.15, -0.1) is 0 Å². The lowest BCUT2D eigenvalue weighted by atomic mass is 9.91. The predicted molar refractivity (Wildman–Crippen MR) is 128 cm³/mol. The number of amides is 3. The summed E-state index contributed by atoms with van der Waals surface area (Å²) in [4.78, 5) is 26.6. The molecule has 4 N–H and O–H groups in total. The third-order valence-electron chi connectivity index (χ3n) is 5.60.